The minimum atomic E-state index is -0.724. The van der Waals surface area contributed by atoms with Crippen LogP contribution < -0.4 is 0 Å². The van der Waals surface area contributed by atoms with Crippen LogP contribution >= 0.6 is 0 Å². The third kappa shape index (κ3) is 26.7. The highest BCUT2D eigenvalue weighted by Crippen LogP contribution is 2.19. The Labute approximate surface area is 217 Å². The minimum absolute atomic E-state index is 0.187. The predicted molar refractivity (Wildman–Crippen MR) is 150 cm³/mol. The van der Waals surface area contributed by atoms with Crippen LogP contribution in [0.4, 0.5) is 0 Å². The Morgan fingerprint density at radius 2 is 1.17 bits per heavy atom. The first kappa shape index (κ1) is 33.3. The van der Waals surface area contributed by atoms with Crippen LogP contribution in [0.5, 0.6) is 0 Å². The summed E-state index contributed by atoms with van der Waals surface area (Å²) in [5, 5.41) is 27.5. The van der Waals surface area contributed by atoms with Gasteiger partial charge in [-0.15, -0.1) is 6.42 Å². The lowest BCUT2D eigenvalue weighted by molar-refractivity contribution is 0.217. The summed E-state index contributed by atoms with van der Waals surface area (Å²) in [6.07, 6.45) is 31.4. The number of rotatable bonds is 22. The Morgan fingerprint density at radius 1 is 0.686 bits per heavy atom. The number of allylic oxidation sites excluding steroid dienone is 1. The van der Waals surface area contributed by atoms with Gasteiger partial charge in [0.25, 0.3) is 0 Å². The number of aliphatic hydroxyl groups is 3. The molecule has 0 bridgehead atoms. The van der Waals surface area contributed by atoms with Gasteiger partial charge in [0.2, 0.25) is 0 Å². The lowest BCUT2D eigenvalue weighted by Gasteiger charge is -2.11. The Morgan fingerprint density at radius 3 is 1.69 bits per heavy atom. The highest BCUT2D eigenvalue weighted by Gasteiger charge is 2.03. The summed E-state index contributed by atoms with van der Waals surface area (Å²) in [5.41, 5.74) is 0. The minimum Gasteiger partial charge on any atom is -0.384 e. The predicted octanol–water partition coefficient (Wildman–Crippen LogP) is 6.94. The van der Waals surface area contributed by atoms with Crippen molar-refractivity contribution in [3.8, 4) is 36.0 Å². The summed E-state index contributed by atoms with van der Waals surface area (Å²) in [5.74, 6) is 13.4. The molecule has 3 nitrogen and oxygen atoms in total. The van der Waals surface area contributed by atoms with Gasteiger partial charge in [-0.1, -0.05) is 127 Å². The quantitative estimate of drug-likeness (QED) is 0.0885. The Balaban J connectivity index is 3.34. The normalized spacial score (nSPS) is 13.3. The topological polar surface area (TPSA) is 60.7 Å². The molecule has 3 atom stereocenters. The van der Waals surface area contributed by atoms with Gasteiger partial charge in [0, 0.05) is 0 Å². The van der Waals surface area contributed by atoms with Crippen molar-refractivity contribution in [3.05, 3.63) is 12.2 Å². The molecule has 0 heterocycles. The number of hydrogen-bond donors (Lipinski definition) is 3. The molecule has 35 heavy (non-hydrogen) atoms. The zero-order valence-electron chi connectivity index (χ0n) is 22.4. The molecule has 3 heteroatoms. The van der Waals surface area contributed by atoms with Crippen molar-refractivity contribution >= 4 is 0 Å². The standard InChI is InChI=1S/C32H52O3/c1-3-31(34)26-20-15-11-6-4-5-9-13-18-24-30(2)25-19-14-10-7-8-12-16-21-27-32(35)28-22-17-23-29-33/h1,20,26,30-35H,4-16,18-19,21,24-25,27,29H2,2H3/b26-20+. The second-order valence-electron chi connectivity index (χ2n) is 9.85. The van der Waals surface area contributed by atoms with Crippen LogP contribution in [0.15, 0.2) is 12.2 Å². The number of hydrogen-bond acceptors (Lipinski definition) is 3. The number of terminal acetylenes is 1. The number of aliphatic hydroxyl groups excluding tert-OH is 3. The van der Waals surface area contributed by atoms with Crippen LogP contribution in [0.1, 0.15) is 129 Å². The summed E-state index contributed by atoms with van der Waals surface area (Å²) >= 11 is 0. The van der Waals surface area contributed by atoms with Gasteiger partial charge in [-0.25, -0.2) is 0 Å². The van der Waals surface area contributed by atoms with Crippen molar-refractivity contribution < 1.29 is 15.3 Å². The van der Waals surface area contributed by atoms with E-state index in [0.717, 1.165) is 25.2 Å². The molecule has 0 aliphatic carbocycles. The Kier molecular flexibility index (Phi) is 25.6. The molecule has 0 radical (unpaired) electrons. The largest absolute Gasteiger partial charge is 0.384 e. The molecule has 0 amide bonds. The van der Waals surface area contributed by atoms with Crippen LogP contribution in [0.2, 0.25) is 0 Å². The van der Waals surface area contributed by atoms with Crippen LogP contribution in [0, 0.1) is 41.9 Å². The molecule has 0 rings (SSSR count). The van der Waals surface area contributed by atoms with Crippen LogP contribution in [0.3, 0.4) is 0 Å². The van der Waals surface area contributed by atoms with Crippen molar-refractivity contribution in [3.63, 3.8) is 0 Å². The average molecular weight is 485 g/mol. The van der Waals surface area contributed by atoms with Gasteiger partial charge in [-0.2, -0.15) is 0 Å². The van der Waals surface area contributed by atoms with Gasteiger partial charge in [0.1, 0.15) is 18.8 Å². The zero-order chi connectivity index (χ0) is 25.8. The van der Waals surface area contributed by atoms with Crippen molar-refractivity contribution in [1.82, 2.24) is 0 Å². The molecule has 0 aromatic heterocycles. The maximum absolute atomic E-state index is 9.73. The second kappa shape index (κ2) is 26.9. The van der Waals surface area contributed by atoms with Crippen molar-refractivity contribution in [2.24, 2.45) is 5.92 Å². The van der Waals surface area contributed by atoms with E-state index in [1.54, 1.807) is 6.08 Å². The van der Waals surface area contributed by atoms with E-state index in [1.165, 1.54) is 96.3 Å². The molecule has 0 fully saturated rings. The highest BCUT2D eigenvalue weighted by molar-refractivity contribution is 5.27. The second-order valence-corrected chi connectivity index (χ2v) is 9.85. The molecule has 0 spiro atoms. The third-order valence-electron chi connectivity index (χ3n) is 6.45. The summed E-state index contributed by atoms with van der Waals surface area (Å²) < 4.78 is 0. The number of unbranched alkanes of at least 4 members (excludes halogenated alkanes) is 14. The van der Waals surface area contributed by atoms with E-state index < -0.39 is 12.2 Å². The Bertz CT molecular complexity index is 652. The molecular weight excluding hydrogens is 432 g/mol. The summed E-state index contributed by atoms with van der Waals surface area (Å²) in [4.78, 5) is 0. The van der Waals surface area contributed by atoms with E-state index >= 15 is 0 Å². The van der Waals surface area contributed by atoms with Crippen molar-refractivity contribution in [1.29, 1.82) is 0 Å². The first-order valence-electron chi connectivity index (χ1n) is 14.2. The van der Waals surface area contributed by atoms with Gasteiger partial charge >= 0.3 is 0 Å². The SMILES string of the molecule is C#CC(O)/C=C/CCCCCCCCCC(C)CCCCCCCCCCC(O)C#CC#CCO. The van der Waals surface area contributed by atoms with E-state index in [1.807, 2.05) is 6.08 Å². The Hall–Kier alpha value is -1.70. The molecule has 0 aliphatic rings. The maximum Gasteiger partial charge on any atom is 0.133 e. The molecule has 0 aliphatic heterocycles. The average Bonchev–Trinajstić information content (AvgIpc) is 2.86. The van der Waals surface area contributed by atoms with Crippen molar-refractivity contribution in [2.75, 3.05) is 6.61 Å². The van der Waals surface area contributed by atoms with Gasteiger partial charge in [-0.3, -0.25) is 0 Å². The van der Waals surface area contributed by atoms with Gasteiger partial charge in [0.05, 0.1) is 0 Å². The maximum atomic E-state index is 9.73. The van der Waals surface area contributed by atoms with Crippen molar-refractivity contribution in [2.45, 2.75) is 141 Å². The van der Waals surface area contributed by atoms with E-state index in [4.69, 9.17) is 11.5 Å². The molecule has 3 unspecified atom stereocenters. The first-order valence-corrected chi connectivity index (χ1v) is 14.2. The summed E-state index contributed by atoms with van der Waals surface area (Å²) in [7, 11) is 0. The van der Waals surface area contributed by atoms with Gasteiger partial charge in [0.15, 0.2) is 0 Å². The molecule has 0 saturated heterocycles. The van der Waals surface area contributed by atoms with E-state index in [9.17, 15) is 10.2 Å². The fourth-order valence-electron chi connectivity index (χ4n) is 4.23. The molecule has 3 N–H and O–H groups in total. The highest BCUT2D eigenvalue weighted by atomic mass is 16.3. The van der Waals surface area contributed by atoms with Crippen LogP contribution in [-0.2, 0) is 0 Å². The fourth-order valence-corrected chi connectivity index (χ4v) is 4.23. The van der Waals surface area contributed by atoms with Crippen LogP contribution in [0.25, 0.3) is 0 Å². The molecular formula is C32H52O3. The van der Waals surface area contributed by atoms with E-state index in [2.05, 4.69) is 36.5 Å². The molecule has 0 aromatic carbocycles. The summed E-state index contributed by atoms with van der Waals surface area (Å²) in [6, 6.07) is 0. The summed E-state index contributed by atoms with van der Waals surface area (Å²) in [6.45, 7) is 2.23. The smallest absolute Gasteiger partial charge is 0.133 e. The van der Waals surface area contributed by atoms with E-state index in [-0.39, 0.29) is 6.61 Å². The fraction of sp³-hybridized carbons (Fsp3) is 0.750. The molecule has 0 saturated carbocycles. The first-order chi connectivity index (χ1) is 17.1. The zero-order valence-corrected chi connectivity index (χ0v) is 22.4. The lowest BCUT2D eigenvalue weighted by Crippen LogP contribution is -2.02. The monoisotopic (exact) mass is 484 g/mol. The van der Waals surface area contributed by atoms with Gasteiger partial charge < -0.3 is 15.3 Å². The van der Waals surface area contributed by atoms with Gasteiger partial charge in [-0.05, 0) is 49.5 Å². The third-order valence-corrected chi connectivity index (χ3v) is 6.45. The van der Waals surface area contributed by atoms with Crippen LogP contribution in [-0.4, -0.2) is 34.1 Å². The van der Waals surface area contributed by atoms with E-state index in [0.29, 0.717) is 6.42 Å². The lowest BCUT2D eigenvalue weighted by atomic mass is 9.95. The molecule has 198 valence electrons. The molecule has 0 aromatic rings.